The van der Waals surface area contributed by atoms with Crippen molar-refractivity contribution in [2.45, 2.75) is 4.90 Å². The summed E-state index contributed by atoms with van der Waals surface area (Å²) in [4.78, 5) is 11.0. The summed E-state index contributed by atoms with van der Waals surface area (Å²) >= 11 is 0. The molecule has 0 spiro atoms. The molecule has 17 heavy (non-hydrogen) atoms. The minimum absolute atomic E-state index is 0.0637. The van der Waals surface area contributed by atoms with E-state index in [1.165, 1.54) is 6.07 Å². The van der Waals surface area contributed by atoms with Crippen LogP contribution in [0.3, 0.4) is 0 Å². The van der Waals surface area contributed by atoms with Gasteiger partial charge in [-0.2, -0.15) is 0 Å². The van der Waals surface area contributed by atoms with E-state index in [1.54, 1.807) is 0 Å². The number of sulfonamides is 1. The van der Waals surface area contributed by atoms with Gasteiger partial charge in [-0.25, -0.2) is 13.6 Å². The first-order valence-corrected chi connectivity index (χ1v) is 6.20. The molecule has 8 heteroatoms. The molecule has 1 aliphatic rings. The van der Waals surface area contributed by atoms with Gasteiger partial charge in [-0.05, 0) is 6.07 Å². The fourth-order valence-corrected chi connectivity index (χ4v) is 2.03. The van der Waals surface area contributed by atoms with Crippen LogP contribution in [0.1, 0.15) is 10.4 Å². The zero-order chi connectivity index (χ0) is 12.6. The van der Waals surface area contributed by atoms with E-state index < -0.39 is 15.9 Å². The molecule has 1 aromatic rings. The van der Waals surface area contributed by atoms with E-state index in [9.17, 15) is 13.2 Å². The summed E-state index contributed by atoms with van der Waals surface area (Å²) in [5.41, 5.74) is 5.08. The summed E-state index contributed by atoms with van der Waals surface area (Å²) in [6.07, 6.45) is 0. The van der Waals surface area contributed by atoms with Crippen molar-refractivity contribution in [3.8, 4) is 11.5 Å². The van der Waals surface area contributed by atoms with E-state index in [0.29, 0.717) is 0 Å². The molecule has 0 aliphatic carbocycles. The predicted octanol–water partition coefficient (Wildman–Crippen LogP) is -0.796. The van der Waals surface area contributed by atoms with Crippen molar-refractivity contribution in [2.24, 2.45) is 10.9 Å². The molecule has 0 fully saturated rings. The van der Waals surface area contributed by atoms with Crippen LogP contribution in [0.5, 0.6) is 11.5 Å². The van der Waals surface area contributed by atoms with Gasteiger partial charge in [0.25, 0.3) is 5.91 Å². The van der Waals surface area contributed by atoms with Gasteiger partial charge >= 0.3 is 0 Å². The quantitative estimate of drug-likeness (QED) is 0.719. The lowest BCUT2D eigenvalue weighted by Gasteiger charge is -2.20. The molecule has 92 valence electrons. The van der Waals surface area contributed by atoms with Gasteiger partial charge in [0.15, 0.2) is 11.5 Å². The minimum atomic E-state index is -3.94. The van der Waals surface area contributed by atoms with Gasteiger partial charge in [0, 0.05) is 6.07 Å². The van der Waals surface area contributed by atoms with Crippen molar-refractivity contribution >= 4 is 15.9 Å². The van der Waals surface area contributed by atoms with Crippen molar-refractivity contribution in [3.63, 3.8) is 0 Å². The number of fused-ring (bicyclic) bond motifs is 1. The van der Waals surface area contributed by atoms with Gasteiger partial charge in [-0.15, -0.1) is 0 Å². The Balaban J connectivity index is 2.69. The predicted molar refractivity (Wildman–Crippen MR) is 57.3 cm³/mol. The minimum Gasteiger partial charge on any atom is -0.486 e. The maximum absolute atomic E-state index is 11.2. The fraction of sp³-hybridized carbons (Fsp3) is 0.222. The van der Waals surface area contributed by atoms with Crippen molar-refractivity contribution in [2.75, 3.05) is 13.2 Å². The van der Waals surface area contributed by atoms with Crippen LogP contribution < -0.4 is 20.3 Å². The van der Waals surface area contributed by atoms with E-state index >= 15 is 0 Å². The van der Waals surface area contributed by atoms with Crippen LogP contribution in [0.25, 0.3) is 0 Å². The molecule has 0 bridgehead atoms. The summed E-state index contributed by atoms with van der Waals surface area (Å²) in [7, 11) is -3.94. The van der Waals surface area contributed by atoms with Gasteiger partial charge in [-0.3, -0.25) is 4.79 Å². The average Bonchev–Trinajstić information content (AvgIpc) is 2.26. The maximum atomic E-state index is 11.2. The summed E-state index contributed by atoms with van der Waals surface area (Å²) in [6.45, 7) is 0.529. The van der Waals surface area contributed by atoms with E-state index in [-0.39, 0.29) is 35.2 Å². The highest BCUT2D eigenvalue weighted by molar-refractivity contribution is 7.89. The first-order chi connectivity index (χ1) is 7.89. The second-order valence-corrected chi connectivity index (χ2v) is 4.97. The second kappa shape index (κ2) is 3.90. The Kier molecular flexibility index (Phi) is 2.68. The summed E-state index contributed by atoms with van der Waals surface area (Å²) in [5, 5.41) is 4.98. The lowest BCUT2D eigenvalue weighted by Crippen LogP contribution is -2.22. The highest BCUT2D eigenvalue weighted by Crippen LogP contribution is 2.35. The number of hydrogen-bond donors (Lipinski definition) is 2. The number of benzene rings is 1. The molecule has 7 nitrogen and oxygen atoms in total. The van der Waals surface area contributed by atoms with Crippen LogP contribution in [-0.2, 0) is 10.0 Å². The SMILES string of the molecule is NC(=O)c1cc(S(N)(=O)=O)cc2c1OCCO2. The maximum Gasteiger partial charge on any atom is 0.252 e. The molecule has 1 aromatic carbocycles. The standard InChI is InChI=1S/C9H10N2O5S/c10-9(12)6-3-5(17(11,13)14)4-7-8(6)16-2-1-15-7/h3-4H,1-2H2,(H2,10,12)(H2,11,13,14). The molecule has 2 rings (SSSR count). The highest BCUT2D eigenvalue weighted by Gasteiger charge is 2.23. The number of primary amides is 1. The molecular formula is C9H10N2O5S. The zero-order valence-corrected chi connectivity index (χ0v) is 9.49. The molecule has 4 N–H and O–H groups in total. The normalized spacial score (nSPS) is 14.4. The lowest BCUT2D eigenvalue weighted by molar-refractivity contribution is 0.0988. The third-order valence-electron chi connectivity index (χ3n) is 2.21. The molecule has 0 saturated heterocycles. The van der Waals surface area contributed by atoms with Crippen molar-refractivity contribution < 1.29 is 22.7 Å². The molecule has 1 aliphatic heterocycles. The molecule has 1 heterocycles. The smallest absolute Gasteiger partial charge is 0.252 e. The van der Waals surface area contributed by atoms with Gasteiger partial charge < -0.3 is 15.2 Å². The monoisotopic (exact) mass is 258 g/mol. The average molecular weight is 258 g/mol. The Hall–Kier alpha value is -1.80. The topological polar surface area (TPSA) is 122 Å². The van der Waals surface area contributed by atoms with E-state index in [4.69, 9.17) is 20.3 Å². The van der Waals surface area contributed by atoms with Gasteiger partial charge in [0.1, 0.15) is 13.2 Å². The van der Waals surface area contributed by atoms with E-state index in [1.807, 2.05) is 0 Å². The van der Waals surface area contributed by atoms with Gasteiger partial charge in [0.05, 0.1) is 10.5 Å². The number of ether oxygens (including phenoxy) is 2. The second-order valence-electron chi connectivity index (χ2n) is 3.40. The zero-order valence-electron chi connectivity index (χ0n) is 8.67. The van der Waals surface area contributed by atoms with Crippen molar-refractivity contribution in [1.82, 2.24) is 0 Å². The Morgan fingerprint density at radius 2 is 1.88 bits per heavy atom. The molecule has 0 unspecified atom stereocenters. The first-order valence-electron chi connectivity index (χ1n) is 4.66. The molecular weight excluding hydrogens is 248 g/mol. The molecule has 0 saturated carbocycles. The Bertz CT molecular complexity index is 581. The summed E-state index contributed by atoms with van der Waals surface area (Å²) in [5.74, 6) is -0.509. The molecule has 0 aromatic heterocycles. The Morgan fingerprint density at radius 3 is 2.47 bits per heavy atom. The summed E-state index contributed by atoms with van der Waals surface area (Å²) < 4.78 is 32.9. The molecule has 1 amide bonds. The van der Waals surface area contributed by atoms with E-state index in [2.05, 4.69) is 0 Å². The number of primary sulfonamides is 1. The Morgan fingerprint density at radius 1 is 1.24 bits per heavy atom. The van der Waals surface area contributed by atoms with E-state index in [0.717, 1.165) is 6.07 Å². The third-order valence-corrected chi connectivity index (χ3v) is 3.10. The number of hydrogen-bond acceptors (Lipinski definition) is 5. The van der Waals surface area contributed by atoms with Crippen LogP contribution in [0.2, 0.25) is 0 Å². The van der Waals surface area contributed by atoms with Gasteiger partial charge in [-0.1, -0.05) is 0 Å². The van der Waals surface area contributed by atoms with Crippen molar-refractivity contribution in [3.05, 3.63) is 17.7 Å². The number of carbonyl (C=O) groups excluding carboxylic acids is 1. The number of carbonyl (C=O) groups is 1. The third kappa shape index (κ3) is 2.17. The van der Waals surface area contributed by atoms with Crippen LogP contribution in [0, 0.1) is 0 Å². The van der Waals surface area contributed by atoms with Crippen LogP contribution in [0.15, 0.2) is 17.0 Å². The lowest BCUT2D eigenvalue weighted by atomic mass is 10.1. The molecule has 0 radical (unpaired) electrons. The number of rotatable bonds is 2. The Labute approximate surface area is 97.3 Å². The fourth-order valence-electron chi connectivity index (χ4n) is 1.48. The van der Waals surface area contributed by atoms with Crippen LogP contribution in [0.4, 0.5) is 0 Å². The largest absolute Gasteiger partial charge is 0.486 e. The van der Waals surface area contributed by atoms with Crippen molar-refractivity contribution in [1.29, 1.82) is 0 Å². The molecule has 0 atom stereocenters. The highest BCUT2D eigenvalue weighted by atomic mass is 32.2. The number of amides is 1. The number of nitrogens with two attached hydrogens (primary N) is 2. The summed E-state index contributed by atoms with van der Waals surface area (Å²) in [6, 6.07) is 2.28. The van der Waals surface area contributed by atoms with Crippen LogP contribution >= 0.6 is 0 Å². The first kappa shape index (κ1) is 11.7. The van der Waals surface area contributed by atoms with Crippen LogP contribution in [-0.4, -0.2) is 27.5 Å². The van der Waals surface area contributed by atoms with Gasteiger partial charge in [0.2, 0.25) is 10.0 Å².